The van der Waals surface area contributed by atoms with Gasteiger partial charge in [0.1, 0.15) is 5.82 Å². The van der Waals surface area contributed by atoms with E-state index in [-0.39, 0.29) is 6.10 Å². The van der Waals surface area contributed by atoms with E-state index in [4.69, 9.17) is 4.98 Å². The minimum atomic E-state index is -0.110. The van der Waals surface area contributed by atoms with Gasteiger partial charge in [-0.05, 0) is 32.6 Å². The van der Waals surface area contributed by atoms with E-state index >= 15 is 0 Å². The van der Waals surface area contributed by atoms with Gasteiger partial charge in [0.05, 0.1) is 11.8 Å². The molecule has 0 atom stereocenters. The number of aliphatic hydroxyl groups excluding tert-OH is 1. The first kappa shape index (κ1) is 12.4. The molecule has 1 aliphatic carbocycles. The lowest BCUT2D eigenvalue weighted by atomic mass is 9.87. The SMILES string of the molecule is Cc1[nH]c(C2CCC(O)CC2)nc1-c1ccccc1. The maximum atomic E-state index is 9.58. The Morgan fingerprint density at radius 3 is 2.47 bits per heavy atom. The number of hydrogen-bond acceptors (Lipinski definition) is 2. The molecular weight excluding hydrogens is 236 g/mol. The number of rotatable bonds is 2. The molecule has 0 bridgehead atoms. The topological polar surface area (TPSA) is 48.9 Å². The molecule has 0 saturated heterocycles. The lowest BCUT2D eigenvalue weighted by Gasteiger charge is -2.23. The quantitative estimate of drug-likeness (QED) is 0.865. The number of aromatic nitrogens is 2. The normalized spacial score (nSPS) is 23.5. The number of nitrogens with one attached hydrogen (secondary N) is 1. The molecule has 3 heteroatoms. The minimum Gasteiger partial charge on any atom is -0.393 e. The second-order valence-electron chi connectivity index (χ2n) is 5.47. The van der Waals surface area contributed by atoms with E-state index in [1.54, 1.807) is 0 Å². The summed E-state index contributed by atoms with van der Waals surface area (Å²) in [6.07, 6.45) is 3.74. The fraction of sp³-hybridized carbons (Fsp3) is 0.438. The van der Waals surface area contributed by atoms with Gasteiger partial charge in [-0.15, -0.1) is 0 Å². The largest absolute Gasteiger partial charge is 0.393 e. The molecule has 0 spiro atoms. The monoisotopic (exact) mass is 256 g/mol. The third kappa shape index (κ3) is 2.56. The number of aliphatic hydroxyl groups is 1. The van der Waals surface area contributed by atoms with E-state index in [0.717, 1.165) is 42.9 Å². The van der Waals surface area contributed by atoms with E-state index in [1.807, 2.05) is 18.2 Å². The van der Waals surface area contributed by atoms with Gasteiger partial charge >= 0.3 is 0 Å². The van der Waals surface area contributed by atoms with E-state index in [2.05, 4.69) is 24.0 Å². The number of H-pyrrole nitrogens is 1. The van der Waals surface area contributed by atoms with Crippen molar-refractivity contribution in [1.29, 1.82) is 0 Å². The van der Waals surface area contributed by atoms with Crippen molar-refractivity contribution < 1.29 is 5.11 Å². The zero-order valence-corrected chi connectivity index (χ0v) is 11.3. The van der Waals surface area contributed by atoms with Crippen LogP contribution in [0.2, 0.25) is 0 Å². The molecule has 1 aliphatic rings. The predicted molar refractivity (Wildman–Crippen MR) is 76.0 cm³/mol. The van der Waals surface area contributed by atoms with E-state index in [1.165, 1.54) is 5.56 Å². The van der Waals surface area contributed by atoms with Gasteiger partial charge in [0.2, 0.25) is 0 Å². The van der Waals surface area contributed by atoms with Crippen LogP contribution in [0.5, 0.6) is 0 Å². The van der Waals surface area contributed by atoms with Gasteiger partial charge in [-0.2, -0.15) is 0 Å². The third-order valence-electron chi connectivity index (χ3n) is 4.03. The van der Waals surface area contributed by atoms with Crippen LogP contribution < -0.4 is 0 Å². The molecule has 0 radical (unpaired) electrons. The summed E-state index contributed by atoms with van der Waals surface area (Å²) in [4.78, 5) is 8.23. The van der Waals surface area contributed by atoms with Crippen molar-refractivity contribution in [3.63, 3.8) is 0 Å². The summed E-state index contributed by atoms with van der Waals surface area (Å²) in [5.74, 6) is 1.56. The molecule has 2 N–H and O–H groups in total. The van der Waals surface area contributed by atoms with Crippen LogP contribution in [0, 0.1) is 6.92 Å². The maximum Gasteiger partial charge on any atom is 0.110 e. The molecule has 1 aromatic carbocycles. The lowest BCUT2D eigenvalue weighted by molar-refractivity contribution is 0.121. The van der Waals surface area contributed by atoms with Crippen molar-refractivity contribution in [3.8, 4) is 11.3 Å². The number of hydrogen-bond donors (Lipinski definition) is 2. The highest BCUT2D eigenvalue weighted by molar-refractivity contribution is 5.61. The molecule has 0 amide bonds. The number of nitrogens with zero attached hydrogens (tertiary/aromatic N) is 1. The van der Waals surface area contributed by atoms with Crippen LogP contribution >= 0.6 is 0 Å². The van der Waals surface area contributed by atoms with Crippen molar-refractivity contribution in [2.24, 2.45) is 0 Å². The van der Waals surface area contributed by atoms with Crippen molar-refractivity contribution in [2.45, 2.75) is 44.6 Å². The zero-order chi connectivity index (χ0) is 13.2. The Hall–Kier alpha value is -1.61. The van der Waals surface area contributed by atoms with Crippen LogP contribution in [0.4, 0.5) is 0 Å². The Morgan fingerprint density at radius 1 is 1.11 bits per heavy atom. The fourth-order valence-corrected chi connectivity index (χ4v) is 2.90. The molecule has 19 heavy (non-hydrogen) atoms. The van der Waals surface area contributed by atoms with Gasteiger partial charge in [-0.25, -0.2) is 4.98 Å². The number of imidazole rings is 1. The first-order valence-corrected chi connectivity index (χ1v) is 7.04. The molecule has 1 heterocycles. The second-order valence-corrected chi connectivity index (χ2v) is 5.47. The van der Waals surface area contributed by atoms with Gasteiger partial charge in [-0.1, -0.05) is 30.3 Å². The average molecular weight is 256 g/mol. The Labute approximate surface area is 113 Å². The fourth-order valence-electron chi connectivity index (χ4n) is 2.90. The Balaban J connectivity index is 1.85. The summed E-state index contributed by atoms with van der Waals surface area (Å²) in [5.41, 5.74) is 3.35. The summed E-state index contributed by atoms with van der Waals surface area (Å²) in [6.45, 7) is 2.08. The Kier molecular flexibility index (Phi) is 3.38. The third-order valence-corrected chi connectivity index (χ3v) is 4.03. The first-order chi connectivity index (χ1) is 9.24. The standard InChI is InChI=1S/C16H20N2O/c1-11-15(12-5-3-2-4-6-12)18-16(17-11)13-7-9-14(19)10-8-13/h2-6,13-14,19H,7-10H2,1H3,(H,17,18). The number of aryl methyl sites for hydroxylation is 1. The van der Waals surface area contributed by atoms with Crippen LogP contribution in [-0.2, 0) is 0 Å². The zero-order valence-electron chi connectivity index (χ0n) is 11.3. The van der Waals surface area contributed by atoms with Crippen molar-refractivity contribution >= 4 is 0 Å². The van der Waals surface area contributed by atoms with Crippen molar-refractivity contribution in [2.75, 3.05) is 0 Å². The molecular formula is C16H20N2O. The molecule has 100 valence electrons. The highest BCUT2D eigenvalue weighted by atomic mass is 16.3. The Bertz CT molecular complexity index is 539. The summed E-state index contributed by atoms with van der Waals surface area (Å²) in [6, 6.07) is 10.3. The summed E-state index contributed by atoms with van der Waals surface area (Å²) in [7, 11) is 0. The summed E-state index contributed by atoms with van der Waals surface area (Å²) >= 11 is 0. The van der Waals surface area contributed by atoms with Gasteiger partial charge in [0.15, 0.2) is 0 Å². The van der Waals surface area contributed by atoms with Gasteiger partial charge in [0.25, 0.3) is 0 Å². The molecule has 3 rings (SSSR count). The van der Waals surface area contributed by atoms with E-state index < -0.39 is 0 Å². The molecule has 0 unspecified atom stereocenters. The van der Waals surface area contributed by atoms with Crippen LogP contribution in [-0.4, -0.2) is 21.2 Å². The smallest absolute Gasteiger partial charge is 0.110 e. The molecule has 1 aromatic heterocycles. The van der Waals surface area contributed by atoms with Crippen LogP contribution in [0.25, 0.3) is 11.3 Å². The van der Waals surface area contributed by atoms with Crippen LogP contribution in [0.15, 0.2) is 30.3 Å². The molecule has 3 nitrogen and oxygen atoms in total. The second kappa shape index (κ2) is 5.17. The highest BCUT2D eigenvalue weighted by Crippen LogP contribution is 2.33. The predicted octanol–water partition coefficient (Wildman–Crippen LogP) is 3.40. The van der Waals surface area contributed by atoms with Crippen molar-refractivity contribution in [1.82, 2.24) is 9.97 Å². The molecule has 2 aromatic rings. The lowest BCUT2D eigenvalue weighted by Crippen LogP contribution is -2.17. The van der Waals surface area contributed by atoms with Crippen LogP contribution in [0.1, 0.15) is 43.1 Å². The molecule has 1 saturated carbocycles. The van der Waals surface area contributed by atoms with Gasteiger partial charge < -0.3 is 10.1 Å². The molecule has 0 aliphatic heterocycles. The summed E-state index contributed by atoms with van der Waals surface area (Å²) < 4.78 is 0. The minimum absolute atomic E-state index is 0.110. The molecule has 1 fully saturated rings. The number of benzene rings is 1. The van der Waals surface area contributed by atoms with E-state index in [0.29, 0.717) is 5.92 Å². The highest BCUT2D eigenvalue weighted by Gasteiger charge is 2.23. The van der Waals surface area contributed by atoms with Crippen LogP contribution in [0.3, 0.4) is 0 Å². The van der Waals surface area contributed by atoms with Gasteiger partial charge in [-0.3, -0.25) is 0 Å². The first-order valence-electron chi connectivity index (χ1n) is 7.04. The Morgan fingerprint density at radius 2 is 1.79 bits per heavy atom. The van der Waals surface area contributed by atoms with Gasteiger partial charge in [0, 0.05) is 17.2 Å². The summed E-state index contributed by atoms with van der Waals surface area (Å²) in [5, 5.41) is 9.58. The van der Waals surface area contributed by atoms with Crippen molar-refractivity contribution in [3.05, 3.63) is 41.9 Å². The average Bonchev–Trinajstić information content (AvgIpc) is 2.83. The van der Waals surface area contributed by atoms with E-state index in [9.17, 15) is 5.11 Å². The maximum absolute atomic E-state index is 9.58. The number of aromatic amines is 1.